The molecule has 4 heteroatoms. The van der Waals surface area contributed by atoms with Crippen LogP contribution < -0.4 is 0 Å². The van der Waals surface area contributed by atoms with E-state index in [2.05, 4.69) is 6.92 Å². The monoisotopic (exact) mass is 410 g/mol. The van der Waals surface area contributed by atoms with Gasteiger partial charge < -0.3 is 14.2 Å². The molecule has 0 N–H and O–H groups in total. The van der Waals surface area contributed by atoms with Crippen molar-refractivity contribution in [2.24, 2.45) is 5.92 Å². The number of aryl methyl sites for hydroxylation is 1. The highest BCUT2D eigenvalue weighted by Crippen LogP contribution is 2.33. The summed E-state index contributed by atoms with van der Waals surface area (Å²) in [4.78, 5) is 0. The smallest absolute Gasteiger partial charge is 0.285 e. The first-order valence-corrected chi connectivity index (χ1v) is 11.5. The first kappa shape index (κ1) is 26.1. The van der Waals surface area contributed by atoms with Gasteiger partial charge in [-0.1, -0.05) is 76.8 Å². The van der Waals surface area contributed by atoms with Crippen molar-refractivity contribution in [1.29, 1.82) is 0 Å². The fourth-order valence-corrected chi connectivity index (χ4v) is 4.14. The maximum Gasteiger partial charge on any atom is 0.285 e. The third-order valence-electron chi connectivity index (χ3n) is 5.94. The second kappa shape index (κ2) is 15.8. The van der Waals surface area contributed by atoms with Crippen molar-refractivity contribution in [2.45, 2.75) is 96.4 Å². The Morgan fingerprint density at radius 2 is 1.21 bits per heavy atom. The summed E-state index contributed by atoms with van der Waals surface area (Å²) in [5.74, 6) is -0.855. The van der Waals surface area contributed by atoms with E-state index in [1.807, 2.05) is 12.1 Å². The SMILES string of the molecule is CCCCCCCCC(CCCCCCc1ccc(F)cc1)C(OC)(OC)OC. The molecule has 0 spiro atoms. The Morgan fingerprint density at radius 1 is 0.724 bits per heavy atom. The summed E-state index contributed by atoms with van der Waals surface area (Å²) >= 11 is 0. The first-order chi connectivity index (χ1) is 14.1. The largest absolute Gasteiger partial charge is 0.331 e. The third kappa shape index (κ3) is 10.1. The topological polar surface area (TPSA) is 27.7 Å². The van der Waals surface area contributed by atoms with Crippen LogP contribution in [0.5, 0.6) is 0 Å². The number of halogens is 1. The maximum atomic E-state index is 13.0. The quantitative estimate of drug-likeness (QED) is 0.188. The molecule has 0 aliphatic carbocycles. The van der Waals surface area contributed by atoms with Gasteiger partial charge in [0.05, 0.1) is 0 Å². The lowest BCUT2D eigenvalue weighted by Crippen LogP contribution is -2.44. The first-order valence-electron chi connectivity index (χ1n) is 11.5. The molecule has 0 aromatic heterocycles. The maximum absolute atomic E-state index is 13.0. The molecule has 0 saturated heterocycles. The number of unbranched alkanes of at least 4 members (excludes halogenated alkanes) is 8. The van der Waals surface area contributed by atoms with E-state index in [4.69, 9.17) is 14.2 Å². The molecule has 0 aliphatic heterocycles. The van der Waals surface area contributed by atoms with E-state index in [1.54, 1.807) is 33.5 Å². The lowest BCUT2D eigenvalue weighted by atomic mass is 9.91. The lowest BCUT2D eigenvalue weighted by Gasteiger charge is -2.36. The number of methoxy groups -OCH3 is 3. The van der Waals surface area contributed by atoms with Crippen LogP contribution in [0.4, 0.5) is 4.39 Å². The second-order valence-electron chi connectivity index (χ2n) is 8.05. The van der Waals surface area contributed by atoms with Crippen LogP contribution in [-0.2, 0) is 20.6 Å². The fourth-order valence-electron chi connectivity index (χ4n) is 4.14. The third-order valence-corrected chi connectivity index (χ3v) is 5.94. The van der Waals surface area contributed by atoms with Gasteiger partial charge in [-0.3, -0.25) is 0 Å². The number of hydrogen-bond donors (Lipinski definition) is 0. The molecular formula is C25H43FO3. The van der Waals surface area contributed by atoms with Crippen LogP contribution in [-0.4, -0.2) is 27.3 Å². The average Bonchev–Trinajstić information content (AvgIpc) is 2.75. The normalized spacial score (nSPS) is 13.0. The van der Waals surface area contributed by atoms with E-state index in [1.165, 1.54) is 56.9 Å². The highest BCUT2D eigenvalue weighted by atomic mass is 19.1. The zero-order valence-corrected chi connectivity index (χ0v) is 19.2. The van der Waals surface area contributed by atoms with Crippen molar-refractivity contribution in [3.8, 4) is 0 Å². The zero-order valence-electron chi connectivity index (χ0n) is 19.2. The Balaban J connectivity index is 2.36. The van der Waals surface area contributed by atoms with Crippen molar-refractivity contribution >= 4 is 0 Å². The van der Waals surface area contributed by atoms with Crippen molar-refractivity contribution in [2.75, 3.05) is 21.3 Å². The van der Waals surface area contributed by atoms with Crippen LogP contribution in [0.15, 0.2) is 24.3 Å². The van der Waals surface area contributed by atoms with Crippen molar-refractivity contribution in [1.82, 2.24) is 0 Å². The van der Waals surface area contributed by atoms with Crippen molar-refractivity contribution in [3.63, 3.8) is 0 Å². The Bertz CT molecular complexity index is 491. The van der Waals surface area contributed by atoms with Crippen LogP contribution in [0, 0.1) is 11.7 Å². The summed E-state index contributed by atoms with van der Waals surface area (Å²) in [7, 11) is 5.01. The van der Waals surface area contributed by atoms with Crippen LogP contribution in [0.2, 0.25) is 0 Å². The molecule has 0 fully saturated rings. The molecule has 0 saturated carbocycles. The van der Waals surface area contributed by atoms with Gasteiger partial charge in [0.25, 0.3) is 5.97 Å². The lowest BCUT2D eigenvalue weighted by molar-refractivity contribution is -0.380. The van der Waals surface area contributed by atoms with Crippen molar-refractivity contribution in [3.05, 3.63) is 35.6 Å². The van der Waals surface area contributed by atoms with E-state index < -0.39 is 5.97 Å². The standard InChI is InChI=1S/C25H43FO3/c1-5-6-7-8-9-13-16-23(25(27-2,28-3)29-4)17-14-11-10-12-15-22-18-20-24(26)21-19-22/h18-21,23H,5-17H2,1-4H3. The minimum Gasteiger partial charge on any atom is -0.331 e. The second-order valence-corrected chi connectivity index (χ2v) is 8.05. The minimum absolute atomic E-state index is 0.164. The molecular weight excluding hydrogens is 367 g/mol. The summed E-state index contributed by atoms with van der Waals surface area (Å²) in [5, 5.41) is 0. The highest BCUT2D eigenvalue weighted by Gasteiger charge is 2.39. The number of benzene rings is 1. The highest BCUT2D eigenvalue weighted by molar-refractivity contribution is 5.15. The average molecular weight is 411 g/mol. The molecule has 0 heterocycles. The summed E-state index contributed by atoms with van der Waals surface area (Å²) in [5.41, 5.74) is 1.21. The number of rotatable bonds is 18. The molecule has 1 aromatic carbocycles. The number of ether oxygens (including phenoxy) is 3. The summed E-state index contributed by atoms with van der Waals surface area (Å²) in [6, 6.07) is 6.86. The molecule has 0 aliphatic rings. The molecule has 1 rings (SSSR count). The van der Waals surface area contributed by atoms with Gasteiger partial charge in [0.2, 0.25) is 0 Å². The number of hydrogen-bond acceptors (Lipinski definition) is 3. The van der Waals surface area contributed by atoms with Crippen LogP contribution in [0.3, 0.4) is 0 Å². The molecule has 1 aromatic rings. The van der Waals surface area contributed by atoms with Gasteiger partial charge in [0, 0.05) is 27.2 Å². The molecule has 3 nitrogen and oxygen atoms in total. The molecule has 0 bridgehead atoms. The Morgan fingerprint density at radius 3 is 1.72 bits per heavy atom. The minimum atomic E-state index is -0.933. The Kier molecular flexibility index (Phi) is 14.2. The van der Waals surface area contributed by atoms with Crippen molar-refractivity contribution < 1.29 is 18.6 Å². The van der Waals surface area contributed by atoms with Gasteiger partial charge in [0.1, 0.15) is 5.82 Å². The summed E-state index contributed by atoms with van der Waals surface area (Å²) < 4.78 is 30.0. The molecule has 1 atom stereocenters. The van der Waals surface area contributed by atoms with Gasteiger partial charge in [-0.25, -0.2) is 4.39 Å². The van der Waals surface area contributed by atoms with Gasteiger partial charge in [-0.2, -0.15) is 0 Å². The Hall–Kier alpha value is -0.970. The van der Waals surface area contributed by atoms with Crippen LogP contribution in [0.1, 0.15) is 89.5 Å². The van der Waals surface area contributed by atoms with E-state index in [9.17, 15) is 4.39 Å². The predicted molar refractivity (Wildman–Crippen MR) is 118 cm³/mol. The van der Waals surface area contributed by atoms with Crippen LogP contribution >= 0.6 is 0 Å². The van der Waals surface area contributed by atoms with E-state index >= 15 is 0 Å². The zero-order chi connectivity index (χ0) is 21.4. The molecule has 0 radical (unpaired) electrons. The van der Waals surface area contributed by atoms with E-state index in [-0.39, 0.29) is 11.7 Å². The van der Waals surface area contributed by atoms with Crippen LogP contribution in [0.25, 0.3) is 0 Å². The molecule has 0 amide bonds. The van der Waals surface area contributed by atoms with E-state index in [0.29, 0.717) is 0 Å². The summed E-state index contributed by atoms with van der Waals surface area (Å²) in [6.45, 7) is 2.25. The fraction of sp³-hybridized carbons (Fsp3) is 0.760. The van der Waals surface area contributed by atoms with Gasteiger partial charge in [-0.15, -0.1) is 0 Å². The van der Waals surface area contributed by atoms with E-state index in [0.717, 1.165) is 32.1 Å². The molecule has 29 heavy (non-hydrogen) atoms. The Labute approximate surface area is 178 Å². The van der Waals surface area contributed by atoms with Gasteiger partial charge in [0.15, 0.2) is 0 Å². The molecule has 168 valence electrons. The molecule has 1 unspecified atom stereocenters. The predicted octanol–water partition coefficient (Wildman–Crippen LogP) is 7.28. The summed E-state index contributed by atoms with van der Waals surface area (Å²) in [6.07, 6.45) is 15.5. The van der Waals surface area contributed by atoms with Gasteiger partial charge >= 0.3 is 0 Å². The van der Waals surface area contributed by atoms with Gasteiger partial charge in [-0.05, 0) is 43.4 Å².